The molecule has 0 atom stereocenters. The Bertz CT molecular complexity index is 1410. The number of nitrogens with one attached hydrogen (secondary N) is 1. The predicted molar refractivity (Wildman–Crippen MR) is 144 cm³/mol. The highest BCUT2D eigenvalue weighted by Crippen LogP contribution is 2.31. The van der Waals surface area contributed by atoms with Gasteiger partial charge in [-0.25, -0.2) is 9.97 Å². The van der Waals surface area contributed by atoms with Gasteiger partial charge in [-0.3, -0.25) is 0 Å². The van der Waals surface area contributed by atoms with Crippen molar-refractivity contribution in [3.8, 4) is 22.5 Å². The van der Waals surface area contributed by atoms with E-state index >= 15 is 0 Å². The Morgan fingerprint density at radius 3 is 2.31 bits per heavy atom. The van der Waals surface area contributed by atoms with E-state index in [-0.39, 0.29) is 0 Å². The third-order valence-electron chi connectivity index (χ3n) is 6.11. The van der Waals surface area contributed by atoms with E-state index in [9.17, 15) is 5.11 Å². The summed E-state index contributed by atoms with van der Waals surface area (Å²) in [5, 5.41) is 14.8. The van der Waals surface area contributed by atoms with Crippen LogP contribution in [0.3, 0.4) is 0 Å². The van der Waals surface area contributed by atoms with Crippen LogP contribution in [0.4, 0.5) is 5.82 Å². The summed E-state index contributed by atoms with van der Waals surface area (Å²) in [6.45, 7) is 6.53. The molecule has 0 fully saturated rings. The van der Waals surface area contributed by atoms with Crippen LogP contribution < -0.4 is 5.32 Å². The van der Waals surface area contributed by atoms with E-state index in [0.29, 0.717) is 5.82 Å². The van der Waals surface area contributed by atoms with Crippen molar-refractivity contribution >= 4 is 27.4 Å². The van der Waals surface area contributed by atoms with Gasteiger partial charge in [-0.05, 0) is 68.0 Å². The standard InChI is InChI=1S/C29H29N3O2S/c1-19-17-25-27(31-26(32-28(25)35-19)23-14-16-34-18-23)30-15-4-5-20-6-8-21(9-7-20)22-10-12-24(13-11-22)29(2,3)33/h6-14,16-18,33H,4-5,15H2,1-3H3,(H,30,31,32). The Hall–Kier alpha value is -3.48. The monoisotopic (exact) mass is 483 g/mol. The molecule has 0 aliphatic heterocycles. The highest BCUT2D eigenvalue weighted by atomic mass is 32.1. The van der Waals surface area contributed by atoms with Gasteiger partial charge in [-0.2, -0.15) is 0 Å². The van der Waals surface area contributed by atoms with E-state index in [1.54, 1.807) is 37.7 Å². The molecule has 5 nitrogen and oxygen atoms in total. The predicted octanol–water partition coefficient (Wildman–Crippen LogP) is 7.20. The Balaban J connectivity index is 1.22. The van der Waals surface area contributed by atoms with Crippen LogP contribution in [0.5, 0.6) is 0 Å². The number of anilines is 1. The SMILES string of the molecule is Cc1cc2c(NCCCc3ccc(-c4ccc(C(C)(C)O)cc4)cc3)nc(-c3ccoc3)nc2s1. The Morgan fingerprint density at radius 2 is 1.66 bits per heavy atom. The fraction of sp³-hybridized carbons (Fsp3) is 0.241. The quantitative estimate of drug-likeness (QED) is 0.228. The van der Waals surface area contributed by atoms with E-state index in [2.05, 4.69) is 54.7 Å². The topological polar surface area (TPSA) is 71.2 Å². The fourth-order valence-corrected chi connectivity index (χ4v) is 5.01. The average molecular weight is 484 g/mol. The van der Waals surface area contributed by atoms with Gasteiger partial charge in [0.2, 0.25) is 0 Å². The summed E-state index contributed by atoms with van der Waals surface area (Å²) in [5.74, 6) is 1.56. The van der Waals surface area contributed by atoms with E-state index in [4.69, 9.17) is 14.4 Å². The minimum absolute atomic E-state index is 0.682. The Morgan fingerprint density at radius 1 is 0.943 bits per heavy atom. The first-order valence-corrected chi connectivity index (χ1v) is 12.7. The molecule has 0 saturated heterocycles. The van der Waals surface area contributed by atoms with Gasteiger partial charge in [0, 0.05) is 11.4 Å². The molecule has 35 heavy (non-hydrogen) atoms. The first kappa shape index (κ1) is 23.3. The number of thiophene rings is 1. The lowest BCUT2D eigenvalue weighted by atomic mass is 9.95. The summed E-state index contributed by atoms with van der Waals surface area (Å²) in [7, 11) is 0. The van der Waals surface area contributed by atoms with Crippen LogP contribution in [-0.2, 0) is 12.0 Å². The molecule has 3 heterocycles. The maximum Gasteiger partial charge on any atom is 0.166 e. The summed E-state index contributed by atoms with van der Waals surface area (Å²) in [6, 6.07) is 20.9. The summed E-state index contributed by atoms with van der Waals surface area (Å²) < 4.78 is 5.22. The minimum atomic E-state index is -0.822. The van der Waals surface area contributed by atoms with Crippen LogP contribution in [0, 0.1) is 6.92 Å². The molecule has 0 saturated carbocycles. The zero-order valence-corrected chi connectivity index (χ0v) is 21.0. The number of aliphatic hydroxyl groups is 1. The molecule has 0 radical (unpaired) electrons. The number of rotatable bonds is 8. The van der Waals surface area contributed by atoms with Crippen molar-refractivity contribution in [1.82, 2.24) is 9.97 Å². The first-order valence-electron chi connectivity index (χ1n) is 11.8. The highest BCUT2D eigenvalue weighted by molar-refractivity contribution is 7.18. The van der Waals surface area contributed by atoms with Crippen LogP contribution in [-0.4, -0.2) is 21.6 Å². The normalized spacial score (nSPS) is 11.8. The maximum absolute atomic E-state index is 10.2. The van der Waals surface area contributed by atoms with Crippen molar-refractivity contribution in [2.45, 2.75) is 39.2 Å². The van der Waals surface area contributed by atoms with Crippen LogP contribution in [0.2, 0.25) is 0 Å². The van der Waals surface area contributed by atoms with Crippen molar-refractivity contribution in [2.75, 3.05) is 11.9 Å². The molecule has 0 bridgehead atoms. The van der Waals surface area contributed by atoms with Crippen molar-refractivity contribution < 1.29 is 9.52 Å². The second-order valence-corrected chi connectivity index (χ2v) is 10.6. The molecule has 0 spiro atoms. The minimum Gasteiger partial charge on any atom is -0.472 e. The summed E-state index contributed by atoms with van der Waals surface area (Å²) in [5.41, 5.74) is 4.62. The van der Waals surface area contributed by atoms with Crippen LogP contribution in [0.1, 0.15) is 36.3 Å². The van der Waals surface area contributed by atoms with Crippen molar-refractivity contribution in [1.29, 1.82) is 0 Å². The van der Waals surface area contributed by atoms with Gasteiger partial charge < -0.3 is 14.8 Å². The lowest BCUT2D eigenvalue weighted by Gasteiger charge is -2.18. The maximum atomic E-state index is 10.2. The molecule has 2 N–H and O–H groups in total. The van der Waals surface area contributed by atoms with Crippen LogP contribution in [0.25, 0.3) is 32.7 Å². The largest absolute Gasteiger partial charge is 0.472 e. The number of aromatic nitrogens is 2. The molecule has 0 aliphatic carbocycles. The second kappa shape index (κ2) is 9.64. The number of aryl methyl sites for hydroxylation is 2. The molecule has 178 valence electrons. The summed E-state index contributed by atoms with van der Waals surface area (Å²) in [6.07, 6.45) is 5.30. The molecular weight excluding hydrogens is 454 g/mol. The molecule has 3 aromatic heterocycles. The number of hydrogen-bond acceptors (Lipinski definition) is 6. The molecule has 0 amide bonds. The molecule has 0 unspecified atom stereocenters. The lowest BCUT2D eigenvalue weighted by molar-refractivity contribution is 0.0786. The van der Waals surface area contributed by atoms with Crippen LogP contribution in [0.15, 0.2) is 77.6 Å². The molecule has 5 aromatic rings. The van der Waals surface area contributed by atoms with Gasteiger partial charge in [0.05, 0.1) is 22.8 Å². The van der Waals surface area contributed by atoms with Gasteiger partial charge in [0.15, 0.2) is 5.82 Å². The molecule has 2 aromatic carbocycles. The number of hydrogen-bond donors (Lipinski definition) is 2. The van der Waals surface area contributed by atoms with Gasteiger partial charge in [0.25, 0.3) is 0 Å². The molecular formula is C29H29N3O2S. The van der Waals surface area contributed by atoms with Gasteiger partial charge in [-0.15, -0.1) is 11.3 Å². The molecule has 6 heteroatoms. The van der Waals surface area contributed by atoms with Crippen molar-refractivity contribution in [3.05, 3.63) is 89.2 Å². The zero-order chi connectivity index (χ0) is 24.4. The average Bonchev–Trinajstić information content (AvgIpc) is 3.51. The van der Waals surface area contributed by atoms with E-state index in [1.165, 1.54) is 16.0 Å². The number of nitrogens with zero attached hydrogens (tertiary/aromatic N) is 2. The number of fused-ring (bicyclic) bond motifs is 1. The van der Waals surface area contributed by atoms with Gasteiger partial charge in [-0.1, -0.05) is 48.5 Å². The zero-order valence-electron chi connectivity index (χ0n) is 20.2. The number of furan rings is 1. The van der Waals surface area contributed by atoms with Crippen molar-refractivity contribution in [2.24, 2.45) is 0 Å². The summed E-state index contributed by atoms with van der Waals surface area (Å²) >= 11 is 1.68. The molecule has 0 aliphatic rings. The van der Waals surface area contributed by atoms with E-state index in [1.807, 2.05) is 18.2 Å². The highest BCUT2D eigenvalue weighted by Gasteiger charge is 2.15. The van der Waals surface area contributed by atoms with E-state index in [0.717, 1.165) is 52.1 Å². The van der Waals surface area contributed by atoms with E-state index < -0.39 is 5.60 Å². The van der Waals surface area contributed by atoms with Crippen molar-refractivity contribution in [3.63, 3.8) is 0 Å². The smallest absolute Gasteiger partial charge is 0.166 e. The van der Waals surface area contributed by atoms with Crippen LogP contribution >= 0.6 is 11.3 Å². The third kappa shape index (κ3) is 5.29. The lowest BCUT2D eigenvalue weighted by Crippen LogP contribution is -2.14. The Labute approximate surface area is 209 Å². The fourth-order valence-electron chi connectivity index (χ4n) is 4.13. The first-order chi connectivity index (χ1) is 16.9. The third-order valence-corrected chi connectivity index (χ3v) is 7.05. The molecule has 5 rings (SSSR count). The number of benzene rings is 2. The Kier molecular flexibility index (Phi) is 6.41. The van der Waals surface area contributed by atoms with Gasteiger partial charge in [0.1, 0.15) is 16.9 Å². The summed E-state index contributed by atoms with van der Waals surface area (Å²) in [4.78, 5) is 11.7. The van der Waals surface area contributed by atoms with Gasteiger partial charge >= 0.3 is 0 Å². The second-order valence-electron chi connectivity index (χ2n) is 9.35.